The standard InChI is InChI=1S/C12H12F2N2/c1-4-16-11-6-9(14)8(13)5-10(11)15-12(16)7(2)3/h4-7H,1H2,2-3H3. The lowest BCUT2D eigenvalue weighted by atomic mass is 10.2. The number of fused-ring (bicyclic) bond motifs is 1. The third-order valence-electron chi connectivity index (χ3n) is 2.46. The molecule has 0 spiro atoms. The maximum atomic E-state index is 13.1. The molecule has 2 aromatic rings. The molecule has 0 amide bonds. The molecule has 0 unspecified atom stereocenters. The van der Waals surface area contributed by atoms with Gasteiger partial charge in [-0.1, -0.05) is 20.4 Å². The maximum absolute atomic E-state index is 13.1. The molecule has 0 aliphatic rings. The van der Waals surface area contributed by atoms with Gasteiger partial charge in [0.1, 0.15) is 5.82 Å². The highest BCUT2D eigenvalue weighted by Crippen LogP contribution is 2.24. The zero-order chi connectivity index (χ0) is 11.9. The molecule has 84 valence electrons. The molecule has 4 heteroatoms. The molecule has 0 saturated heterocycles. The summed E-state index contributed by atoms with van der Waals surface area (Å²) in [4.78, 5) is 4.27. The van der Waals surface area contributed by atoms with Crippen LogP contribution in [0.25, 0.3) is 17.2 Å². The van der Waals surface area contributed by atoms with E-state index < -0.39 is 11.6 Å². The summed E-state index contributed by atoms with van der Waals surface area (Å²) in [6, 6.07) is 2.25. The molecule has 0 fully saturated rings. The molecule has 0 atom stereocenters. The third-order valence-corrected chi connectivity index (χ3v) is 2.46. The Labute approximate surface area is 92.2 Å². The lowest BCUT2D eigenvalue weighted by Crippen LogP contribution is -1.98. The number of hydrogen-bond donors (Lipinski definition) is 0. The van der Waals surface area contributed by atoms with E-state index in [1.54, 1.807) is 10.8 Å². The van der Waals surface area contributed by atoms with E-state index in [1.807, 2.05) is 13.8 Å². The fraction of sp³-hybridized carbons (Fsp3) is 0.250. The van der Waals surface area contributed by atoms with E-state index in [-0.39, 0.29) is 5.92 Å². The van der Waals surface area contributed by atoms with Crippen LogP contribution in [0.3, 0.4) is 0 Å². The van der Waals surface area contributed by atoms with Crippen molar-refractivity contribution < 1.29 is 8.78 Å². The first-order valence-electron chi connectivity index (χ1n) is 5.04. The van der Waals surface area contributed by atoms with Gasteiger partial charge in [-0.2, -0.15) is 0 Å². The summed E-state index contributed by atoms with van der Waals surface area (Å²) in [5, 5.41) is 0. The number of halogens is 2. The van der Waals surface area contributed by atoms with Crippen LogP contribution >= 0.6 is 0 Å². The minimum Gasteiger partial charge on any atom is -0.303 e. The van der Waals surface area contributed by atoms with Crippen LogP contribution in [0.2, 0.25) is 0 Å². The fourth-order valence-corrected chi connectivity index (χ4v) is 1.71. The monoisotopic (exact) mass is 222 g/mol. The molecule has 2 nitrogen and oxygen atoms in total. The smallest absolute Gasteiger partial charge is 0.161 e. The average Bonchev–Trinajstić information content (AvgIpc) is 2.57. The van der Waals surface area contributed by atoms with Crippen molar-refractivity contribution in [3.05, 3.63) is 36.2 Å². The van der Waals surface area contributed by atoms with Crippen molar-refractivity contribution in [1.82, 2.24) is 9.55 Å². The van der Waals surface area contributed by atoms with Crippen molar-refractivity contribution in [3.63, 3.8) is 0 Å². The molecule has 0 saturated carbocycles. The molecular weight excluding hydrogens is 210 g/mol. The van der Waals surface area contributed by atoms with Crippen molar-refractivity contribution >= 4 is 17.2 Å². The van der Waals surface area contributed by atoms with Gasteiger partial charge in [-0.15, -0.1) is 0 Å². The van der Waals surface area contributed by atoms with Gasteiger partial charge in [0.05, 0.1) is 11.0 Å². The van der Waals surface area contributed by atoms with E-state index in [2.05, 4.69) is 11.6 Å². The van der Waals surface area contributed by atoms with E-state index in [0.29, 0.717) is 11.0 Å². The highest BCUT2D eigenvalue weighted by molar-refractivity contribution is 5.78. The molecular formula is C12H12F2N2. The van der Waals surface area contributed by atoms with Crippen molar-refractivity contribution in [3.8, 4) is 0 Å². The van der Waals surface area contributed by atoms with Crippen LogP contribution in [-0.4, -0.2) is 9.55 Å². The van der Waals surface area contributed by atoms with Gasteiger partial charge >= 0.3 is 0 Å². The summed E-state index contributed by atoms with van der Waals surface area (Å²) >= 11 is 0. The SMILES string of the molecule is C=Cn1c(C(C)C)nc2cc(F)c(F)cc21. The number of aromatic nitrogens is 2. The Bertz CT molecular complexity index is 556. The molecule has 0 aliphatic carbocycles. The number of nitrogens with zero attached hydrogens (tertiary/aromatic N) is 2. The van der Waals surface area contributed by atoms with Crippen LogP contribution < -0.4 is 0 Å². The van der Waals surface area contributed by atoms with Gasteiger partial charge in [0, 0.05) is 24.3 Å². The van der Waals surface area contributed by atoms with Gasteiger partial charge in [0.2, 0.25) is 0 Å². The zero-order valence-electron chi connectivity index (χ0n) is 9.17. The Morgan fingerprint density at radius 2 is 1.94 bits per heavy atom. The first kappa shape index (κ1) is 10.8. The van der Waals surface area contributed by atoms with Crippen LogP contribution in [0.1, 0.15) is 25.6 Å². The van der Waals surface area contributed by atoms with Crippen molar-refractivity contribution in [2.45, 2.75) is 19.8 Å². The average molecular weight is 222 g/mol. The Morgan fingerprint density at radius 3 is 2.50 bits per heavy atom. The Morgan fingerprint density at radius 1 is 1.31 bits per heavy atom. The quantitative estimate of drug-likeness (QED) is 0.759. The van der Waals surface area contributed by atoms with E-state index in [9.17, 15) is 8.78 Å². The van der Waals surface area contributed by atoms with Gasteiger partial charge in [0.15, 0.2) is 11.6 Å². The minimum absolute atomic E-state index is 0.163. The minimum atomic E-state index is -0.878. The fourth-order valence-electron chi connectivity index (χ4n) is 1.71. The van der Waals surface area contributed by atoms with Gasteiger partial charge in [-0.3, -0.25) is 0 Å². The van der Waals surface area contributed by atoms with Crippen LogP contribution in [0.15, 0.2) is 18.7 Å². The van der Waals surface area contributed by atoms with Crippen LogP contribution in [0.4, 0.5) is 8.78 Å². The summed E-state index contributed by atoms with van der Waals surface area (Å²) in [5.74, 6) is -0.839. The predicted molar refractivity (Wildman–Crippen MR) is 60.1 cm³/mol. The Balaban J connectivity index is 2.82. The summed E-state index contributed by atoms with van der Waals surface area (Å²) in [6.07, 6.45) is 1.56. The molecule has 1 aromatic carbocycles. The number of benzene rings is 1. The lowest BCUT2D eigenvalue weighted by molar-refractivity contribution is 0.510. The summed E-state index contributed by atoms with van der Waals surface area (Å²) < 4.78 is 27.9. The van der Waals surface area contributed by atoms with Crippen LogP contribution in [0, 0.1) is 11.6 Å². The molecule has 0 bridgehead atoms. The number of hydrogen-bond acceptors (Lipinski definition) is 1. The second-order valence-electron chi connectivity index (χ2n) is 3.93. The van der Waals surface area contributed by atoms with Gasteiger partial charge < -0.3 is 4.57 Å². The van der Waals surface area contributed by atoms with Gasteiger partial charge in [-0.05, 0) is 0 Å². The summed E-state index contributed by atoms with van der Waals surface area (Å²) in [5.41, 5.74) is 0.986. The van der Waals surface area contributed by atoms with Crippen LogP contribution in [0.5, 0.6) is 0 Å². The Hall–Kier alpha value is -1.71. The summed E-state index contributed by atoms with van der Waals surface area (Å²) in [6.45, 7) is 7.59. The topological polar surface area (TPSA) is 17.8 Å². The van der Waals surface area contributed by atoms with E-state index >= 15 is 0 Å². The van der Waals surface area contributed by atoms with E-state index in [0.717, 1.165) is 18.0 Å². The van der Waals surface area contributed by atoms with E-state index in [1.165, 1.54) is 0 Å². The van der Waals surface area contributed by atoms with Gasteiger partial charge in [-0.25, -0.2) is 13.8 Å². The normalized spacial score (nSPS) is 11.3. The molecule has 1 aromatic heterocycles. The number of rotatable bonds is 2. The highest BCUT2D eigenvalue weighted by Gasteiger charge is 2.14. The number of imidazole rings is 1. The second-order valence-corrected chi connectivity index (χ2v) is 3.93. The molecule has 16 heavy (non-hydrogen) atoms. The van der Waals surface area contributed by atoms with Crippen LogP contribution in [-0.2, 0) is 0 Å². The molecule has 2 rings (SSSR count). The molecule has 1 heterocycles. The maximum Gasteiger partial charge on any atom is 0.161 e. The third kappa shape index (κ3) is 1.50. The second kappa shape index (κ2) is 3.70. The van der Waals surface area contributed by atoms with Crippen molar-refractivity contribution in [2.24, 2.45) is 0 Å². The van der Waals surface area contributed by atoms with E-state index in [4.69, 9.17) is 0 Å². The zero-order valence-corrected chi connectivity index (χ0v) is 9.17. The lowest BCUT2D eigenvalue weighted by Gasteiger charge is -2.05. The van der Waals surface area contributed by atoms with Crippen molar-refractivity contribution in [2.75, 3.05) is 0 Å². The molecule has 0 radical (unpaired) electrons. The summed E-state index contributed by atoms with van der Waals surface area (Å²) in [7, 11) is 0. The molecule has 0 N–H and O–H groups in total. The Kier molecular flexibility index (Phi) is 2.50. The highest BCUT2D eigenvalue weighted by atomic mass is 19.2. The first-order valence-corrected chi connectivity index (χ1v) is 5.04. The first-order chi connectivity index (χ1) is 7.54. The predicted octanol–water partition coefficient (Wildman–Crippen LogP) is 3.54. The van der Waals surface area contributed by atoms with Gasteiger partial charge in [0.25, 0.3) is 0 Å². The van der Waals surface area contributed by atoms with Crippen molar-refractivity contribution in [1.29, 1.82) is 0 Å². The largest absolute Gasteiger partial charge is 0.303 e. The molecule has 0 aliphatic heterocycles.